The van der Waals surface area contributed by atoms with Crippen LogP contribution in [0.1, 0.15) is 38.0 Å². The van der Waals surface area contributed by atoms with Crippen LogP contribution in [0, 0.1) is 6.92 Å². The third-order valence-corrected chi connectivity index (χ3v) is 3.14. The molecule has 20 heavy (non-hydrogen) atoms. The largest absolute Gasteiger partial charge is 0.332 e. The maximum Gasteiger partial charge on any atom is 0.321 e. The highest BCUT2D eigenvalue weighted by Crippen LogP contribution is 2.22. The third-order valence-electron chi connectivity index (χ3n) is 2.51. The summed E-state index contributed by atoms with van der Waals surface area (Å²) in [5.74, 6) is 0.723. The molecular weight excluding hydrogens is 276 g/mol. The smallest absolute Gasteiger partial charge is 0.321 e. The van der Waals surface area contributed by atoms with Crippen molar-refractivity contribution in [1.82, 2.24) is 24.9 Å². The second-order valence-corrected chi connectivity index (χ2v) is 6.27. The van der Waals surface area contributed by atoms with Gasteiger partial charge in [0, 0.05) is 22.6 Å². The van der Waals surface area contributed by atoms with Crippen molar-refractivity contribution in [2.75, 3.05) is 5.32 Å². The summed E-state index contributed by atoms with van der Waals surface area (Å²) in [6, 6.07) is 1.56. The van der Waals surface area contributed by atoms with Crippen LogP contribution in [0.5, 0.6) is 0 Å². The first-order valence-electron chi connectivity index (χ1n) is 6.24. The predicted molar refractivity (Wildman–Crippen MR) is 77.8 cm³/mol. The molecule has 0 bridgehead atoms. The van der Waals surface area contributed by atoms with Crippen LogP contribution in [0.2, 0.25) is 0 Å². The van der Waals surface area contributed by atoms with Crippen LogP contribution < -0.4 is 10.6 Å². The van der Waals surface area contributed by atoms with E-state index in [1.54, 1.807) is 0 Å². The topological polar surface area (TPSA) is 95.6 Å². The van der Waals surface area contributed by atoms with Gasteiger partial charge in [-0.05, 0) is 13.0 Å². The van der Waals surface area contributed by atoms with Crippen molar-refractivity contribution < 1.29 is 4.79 Å². The molecule has 108 valence electrons. The van der Waals surface area contributed by atoms with Gasteiger partial charge in [-0.15, -0.1) is 0 Å². The summed E-state index contributed by atoms with van der Waals surface area (Å²) in [7, 11) is 0. The molecule has 0 saturated heterocycles. The van der Waals surface area contributed by atoms with Gasteiger partial charge in [0.05, 0.1) is 12.2 Å². The normalized spacial score (nSPS) is 11.4. The predicted octanol–water partition coefficient (Wildman–Crippen LogP) is 2.19. The summed E-state index contributed by atoms with van der Waals surface area (Å²) in [6.07, 6.45) is 0. The van der Waals surface area contributed by atoms with Gasteiger partial charge in [-0.25, -0.2) is 9.78 Å². The van der Waals surface area contributed by atoms with Crippen LogP contribution in [-0.4, -0.2) is 25.6 Å². The average Bonchev–Trinajstić information content (AvgIpc) is 2.95. The van der Waals surface area contributed by atoms with E-state index in [0.717, 1.165) is 17.2 Å². The van der Waals surface area contributed by atoms with E-state index < -0.39 is 0 Å². The number of carbonyl (C=O) groups is 1. The van der Waals surface area contributed by atoms with Crippen molar-refractivity contribution in [2.24, 2.45) is 0 Å². The lowest BCUT2D eigenvalue weighted by atomic mass is 9.96. The Hall–Kier alpha value is -1.96. The number of carbonyl (C=O) groups excluding carboxylic acids is 1. The minimum Gasteiger partial charge on any atom is -0.332 e. The monoisotopic (exact) mass is 294 g/mol. The standard InChI is InChI=1S/C12H18N6OS/c1-7-5-8(17-16-7)6-13-10(19)15-11-14-9(18-20-11)12(2,3)4/h5H,6H2,1-4H3,(H,16,17)(H2,13,14,15,18,19). The number of anilines is 1. The first kappa shape index (κ1) is 14.4. The number of amides is 2. The molecule has 2 rings (SSSR count). The maximum absolute atomic E-state index is 11.7. The first-order chi connectivity index (χ1) is 9.34. The Balaban J connectivity index is 1.87. The Morgan fingerprint density at radius 1 is 1.45 bits per heavy atom. The molecule has 0 aromatic carbocycles. The molecule has 0 saturated carbocycles. The SMILES string of the molecule is Cc1cc(CNC(=O)Nc2nc(C(C)(C)C)ns2)n[nH]1. The van der Waals surface area contributed by atoms with Gasteiger partial charge in [-0.2, -0.15) is 9.47 Å². The van der Waals surface area contributed by atoms with Gasteiger partial charge in [0.1, 0.15) is 5.82 Å². The van der Waals surface area contributed by atoms with Crippen molar-refractivity contribution >= 4 is 22.7 Å². The molecule has 0 aliphatic carbocycles. The molecule has 0 unspecified atom stereocenters. The van der Waals surface area contributed by atoms with Gasteiger partial charge >= 0.3 is 6.03 Å². The highest BCUT2D eigenvalue weighted by Gasteiger charge is 2.20. The van der Waals surface area contributed by atoms with Crippen LogP contribution in [0.15, 0.2) is 6.07 Å². The van der Waals surface area contributed by atoms with Gasteiger partial charge in [0.25, 0.3) is 0 Å². The zero-order valence-electron chi connectivity index (χ0n) is 11.9. The van der Waals surface area contributed by atoms with Gasteiger partial charge in [-0.1, -0.05) is 20.8 Å². The van der Waals surface area contributed by atoms with E-state index in [-0.39, 0.29) is 11.4 Å². The summed E-state index contributed by atoms with van der Waals surface area (Å²) in [5, 5.41) is 12.7. The number of urea groups is 1. The lowest BCUT2D eigenvalue weighted by Gasteiger charge is -2.12. The Morgan fingerprint density at radius 3 is 2.75 bits per heavy atom. The van der Waals surface area contributed by atoms with E-state index in [1.165, 1.54) is 11.5 Å². The van der Waals surface area contributed by atoms with E-state index in [4.69, 9.17) is 0 Å². The molecule has 0 radical (unpaired) electrons. The fraction of sp³-hybridized carbons (Fsp3) is 0.500. The molecular formula is C12H18N6OS. The molecule has 0 aliphatic heterocycles. The number of nitrogens with zero attached hydrogens (tertiary/aromatic N) is 3. The lowest BCUT2D eigenvalue weighted by Crippen LogP contribution is -2.28. The molecule has 0 spiro atoms. The minimum atomic E-state index is -0.317. The molecule has 2 amide bonds. The fourth-order valence-corrected chi connectivity index (χ4v) is 2.21. The number of aromatic nitrogens is 4. The zero-order valence-corrected chi connectivity index (χ0v) is 12.8. The molecule has 0 aliphatic rings. The van der Waals surface area contributed by atoms with Gasteiger partial charge < -0.3 is 5.32 Å². The summed E-state index contributed by atoms with van der Waals surface area (Å²) >= 11 is 1.18. The van der Waals surface area contributed by atoms with Crippen molar-refractivity contribution in [2.45, 2.75) is 39.7 Å². The maximum atomic E-state index is 11.7. The van der Waals surface area contributed by atoms with E-state index in [0.29, 0.717) is 11.7 Å². The molecule has 7 nitrogen and oxygen atoms in total. The molecule has 3 N–H and O–H groups in total. The lowest BCUT2D eigenvalue weighted by molar-refractivity contribution is 0.251. The average molecular weight is 294 g/mol. The Morgan fingerprint density at radius 2 is 2.20 bits per heavy atom. The van der Waals surface area contributed by atoms with Crippen LogP contribution in [0.4, 0.5) is 9.93 Å². The summed E-state index contributed by atoms with van der Waals surface area (Å²) < 4.78 is 4.23. The molecule has 2 aromatic heterocycles. The Bertz CT molecular complexity index is 597. The number of H-pyrrole nitrogens is 1. The van der Waals surface area contributed by atoms with Gasteiger partial charge in [0.15, 0.2) is 0 Å². The van der Waals surface area contributed by atoms with E-state index in [1.807, 2.05) is 33.8 Å². The van der Waals surface area contributed by atoms with Gasteiger partial charge in [0.2, 0.25) is 5.13 Å². The van der Waals surface area contributed by atoms with Crippen molar-refractivity contribution in [3.63, 3.8) is 0 Å². The second kappa shape index (κ2) is 5.58. The zero-order chi connectivity index (χ0) is 14.8. The Labute approximate surface area is 121 Å². The molecule has 0 atom stereocenters. The number of aromatic amines is 1. The quantitative estimate of drug-likeness (QED) is 0.808. The van der Waals surface area contributed by atoms with Crippen molar-refractivity contribution in [1.29, 1.82) is 0 Å². The number of hydrogen-bond donors (Lipinski definition) is 3. The first-order valence-corrected chi connectivity index (χ1v) is 7.02. The van der Waals surface area contributed by atoms with Crippen LogP contribution in [0.3, 0.4) is 0 Å². The summed E-state index contributed by atoms with van der Waals surface area (Å²) in [4.78, 5) is 16.0. The van der Waals surface area contributed by atoms with E-state index >= 15 is 0 Å². The highest BCUT2D eigenvalue weighted by molar-refractivity contribution is 7.09. The van der Waals surface area contributed by atoms with Crippen LogP contribution in [-0.2, 0) is 12.0 Å². The summed E-state index contributed by atoms with van der Waals surface area (Å²) in [6.45, 7) is 8.35. The van der Waals surface area contributed by atoms with E-state index in [9.17, 15) is 4.79 Å². The minimum absolute atomic E-state index is 0.126. The summed E-state index contributed by atoms with van der Waals surface area (Å²) in [5.41, 5.74) is 1.62. The van der Waals surface area contributed by atoms with Crippen molar-refractivity contribution in [3.8, 4) is 0 Å². The number of nitrogens with one attached hydrogen (secondary N) is 3. The molecule has 8 heteroatoms. The van der Waals surface area contributed by atoms with Crippen molar-refractivity contribution in [3.05, 3.63) is 23.3 Å². The second-order valence-electron chi connectivity index (χ2n) is 5.52. The Kier molecular flexibility index (Phi) is 4.03. The number of hydrogen-bond acceptors (Lipinski definition) is 5. The highest BCUT2D eigenvalue weighted by atomic mass is 32.1. The van der Waals surface area contributed by atoms with Crippen LogP contribution >= 0.6 is 11.5 Å². The third kappa shape index (κ3) is 3.77. The molecule has 2 aromatic rings. The number of aryl methyl sites for hydroxylation is 1. The van der Waals surface area contributed by atoms with Crippen LogP contribution in [0.25, 0.3) is 0 Å². The fourth-order valence-electron chi connectivity index (χ4n) is 1.46. The van der Waals surface area contributed by atoms with Gasteiger partial charge in [-0.3, -0.25) is 10.4 Å². The molecule has 0 fully saturated rings. The number of rotatable bonds is 3. The van der Waals surface area contributed by atoms with E-state index in [2.05, 4.69) is 30.2 Å². The molecule has 2 heterocycles.